The van der Waals surface area contributed by atoms with Gasteiger partial charge in [0.15, 0.2) is 12.2 Å². The summed E-state index contributed by atoms with van der Waals surface area (Å²) in [6.45, 7) is 4.25. The van der Waals surface area contributed by atoms with Crippen LogP contribution in [0.3, 0.4) is 0 Å². The van der Waals surface area contributed by atoms with Crippen molar-refractivity contribution in [2.75, 3.05) is 6.61 Å². The molecule has 2 aromatic rings. The average Bonchev–Trinajstić information content (AvgIpc) is 2.74. The molecule has 8 nitrogen and oxygen atoms in total. The van der Waals surface area contributed by atoms with Gasteiger partial charge in [-0.3, -0.25) is 4.98 Å². The molecule has 0 aliphatic carbocycles. The molecule has 0 fully saturated rings. The van der Waals surface area contributed by atoms with Crippen LogP contribution in [-0.4, -0.2) is 21.7 Å². The molecular formula is C12H15N5O3S. The Bertz CT molecular complexity index is 658. The van der Waals surface area contributed by atoms with Gasteiger partial charge in [0.05, 0.1) is 4.88 Å². The molecule has 0 amide bonds. The Hall–Kier alpha value is -2.29. The van der Waals surface area contributed by atoms with E-state index >= 15 is 0 Å². The number of thiazole rings is 1. The van der Waals surface area contributed by atoms with Crippen molar-refractivity contribution < 1.29 is 14.5 Å². The lowest BCUT2D eigenvalue weighted by atomic mass is 10.2. The monoisotopic (exact) mass is 309 g/mol. The predicted octanol–water partition coefficient (Wildman–Crippen LogP) is 1.93. The normalized spacial score (nSPS) is 10.6. The van der Waals surface area contributed by atoms with E-state index in [0.717, 1.165) is 16.1 Å². The van der Waals surface area contributed by atoms with E-state index in [1.165, 1.54) is 11.3 Å². The molecule has 0 aliphatic heterocycles. The highest BCUT2D eigenvalue weighted by molar-refractivity contribution is 7.09. The predicted molar refractivity (Wildman–Crippen MR) is 75.8 cm³/mol. The van der Waals surface area contributed by atoms with Crippen molar-refractivity contribution in [2.24, 2.45) is 0 Å². The summed E-state index contributed by atoms with van der Waals surface area (Å²) in [5, 5.41) is 9.35. The Labute approximate surface area is 125 Å². The fourth-order valence-corrected chi connectivity index (χ4v) is 2.83. The molecule has 2 rings (SSSR count). The first-order chi connectivity index (χ1) is 9.97. The van der Waals surface area contributed by atoms with Crippen molar-refractivity contribution in [3.8, 4) is 0 Å². The summed E-state index contributed by atoms with van der Waals surface area (Å²) in [5.41, 5.74) is 11.5. The van der Waals surface area contributed by atoms with Gasteiger partial charge in [-0.1, -0.05) is 17.2 Å². The van der Waals surface area contributed by atoms with Crippen LogP contribution in [0, 0.1) is 24.0 Å². The van der Waals surface area contributed by atoms with Gasteiger partial charge in [-0.15, -0.1) is 10.1 Å². The van der Waals surface area contributed by atoms with Crippen molar-refractivity contribution in [1.29, 1.82) is 0 Å². The number of hydrogen-bond donors (Lipinski definition) is 0. The molecule has 9 heteroatoms. The molecule has 0 aromatic carbocycles. The Balaban J connectivity index is 2.07. The largest absolute Gasteiger partial charge is 0.482 e. The SMILES string of the molecule is Cc1ncc(C[n+]2csc(CCO[N+](=O)[O-])c2C)c([NH-])n1. The summed E-state index contributed by atoms with van der Waals surface area (Å²) >= 11 is 1.51. The third kappa shape index (κ3) is 3.85. The first-order valence-corrected chi connectivity index (χ1v) is 7.13. The quantitative estimate of drug-likeness (QED) is 0.460. The van der Waals surface area contributed by atoms with Crippen molar-refractivity contribution >= 4 is 17.2 Å². The van der Waals surface area contributed by atoms with Crippen LogP contribution in [0.4, 0.5) is 5.82 Å². The second-order valence-corrected chi connectivity index (χ2v) is 5.40. The zero-order valence-corrected chi connectivity index (χ0v) is 12.5. The molecule has 112 valence electrons. The average molecular weight is 309 g/mol. The second-order valence-electron chi connectivity index (χ2n) is 4.46. The molecule has 2 aromatic heterocycles. The zero-order valence-electron chi connectivity index (χ0n) is 11.7. The number of nitrogens with one attached hydrogen (secondary N) is 1. The number of aryl methyl sites for hydroxylation is 1. The lowest BCUT2D eigenvalue weighted by Gasteiger charge is -2.09. The first-order valence-electron chi connectivity index (χ1n) is 6.25. The maximum atomic E-state index is 10.1. The Morgan fingerprint density at radius 1 is 1.52 bits per heavy atom. The Kier molecular flexibility index (Phi) is 4.63. The van der Waals surface area contributed by atoms with Crippen LogP contribution < -0.4 is 4.57 Å². The molecule has 0 saturated carbocycles. The summed E-state index contributed by atoms with van der Waals surface area (Å²) in [4.78, 5) is 23.6. The van der Waals surface area contributed by atoms with Crippen molar-refractivity contribution in [3.05, 3.63) is 49.5 Å². The minimum atomic E-state index is -0.785. The van der Waals surface area contributed by atoms with Gasteiger partial charge in [0.25, 0.3) is 5.09 Å². The first kappa shape index (κ1) is 15.1. The highest BCUT2D eigenvalue weighted by Crippen LogP contribution is 2.16. The van der Waals surface area contributed by atoms with Gasteiger partial charge in [-0.25, -0.2) is 0 Å². The van der Waals surface area contributed by atoms with E-state index in [9.17, 15) is 10.1 Å². The van der Waals surface area contributed by atoms with Crippen LogP contribution in [-0.2, 0) is 17.8 Å². The third-order valence-electron chi connectivity index (χ3n) is 3.01. The van der Waals surface area contributed by atoms with Crippen LogP contribution in [0.1, 0.15) is 22.0 Å². The van der Waals surface area contributed by atoms with E-state index in [0.29, 0.717) is 18.8 Å². The van der Waals surface area contributed by atoms with Crippen molar-refractivity contribution in [3.63, 3.8) is 0 Å². The summed E-state index contributed by atoms with van der Waals surface area (Å²) in [5.74, 6) is 0.798. The van der Waals surface area contributed by atoms with Gasteiger partial charge >= 0.3 is 0 Å². The fourth-order valence-electron chi connectivity index (χ4n) is 1.85. The van der Waals surface area contributed by atoms with E-state index in [1.54, 1.807) is 13.1 Å². The van der Waals surface area contributed by atoms with Crippen LogP contribution in [0.25, 0.3) is 5.73 Å². The zero-order chi connectivity index (χ0) is 15.4. The molecular weight excluding hydrogens is 294 g/mol. The third-order valence-corrected chi connectivity index (χ3v) is 4.15. The molecule has 1 N–H and O–H groups in total. The summed E-state index contributed by atoms with van der Waals surface area (Å²) < 4.78 is 1.98. The molecule has 0 unspecified atom stereocenters. The minimum absolute atomic E-state index is 0.0473. The standard InChI is InChI=1S/C12H15N5O3S/c1-8-11(3-4-20-17(18)19)21-7-16(8)6-10-5-14-9(2)15-12(10)13/h5,7H,3-4,6H2,1-2H3,(H-,13,14,15). The lowest BCUT2D eigenvalue weighted by molar-refractivity contribution is -0.757. The van der Waals surface area contributed by atoms with Crippen LogP contribution >= 0.6 is 11.3 Å². The molecule has 0 radical (unpaired) electrons. The lowest BCUT2D eigenvalue weighted by Crippen LogP contribution is -2.35. The van der Waals surface area contributed by atoms with Crippen molar-refractivity contribution in [1.82, 2.24) is 9.97 Å². The van der Waals surface area contributed by atoms with Gasteiger partial charge in [0, 0.05) is 30.9 Å². The van der Waals surface area contributed by atoms with Gasteiger partial charge in [-0.2, -0.15) is 4.57 Å². The maximum absolute atomic E-state index is 10.1. The molecule has 0 spiro atoms. The van der Waals surface area contributed by atoms with Gasteiger partial charge in [-0.05, 0) is 6.92 Å². The van der Waals surface area contributed by atoms with E-state index in [4.69, 9.17) is 5.73 Å². The molecule has 0 atom stereocenters. The summed E-state index contributed by atoms with van der Waals surface area (Å²) in [6.07, 6.45) is 2.15. The Morgan fingerprint density at radius 3 is 2.95 bits per heavy atom. The van der Waals surface area contributed by atoms with Gasteiger partial charge in [0.2, 0.25) is 5.51 Å². The minimum Gasteiger partial charge on any atom is -0.482 e. The van der Waals surface area contributed by atoms with E-state index in [2.05, 4.69) is 14.8 Å². The van der Waals surface area contributed by atoms with Crippen LogP contribution in [0.15, 0.2) is 11.7 Å². The molecule has 0 bridgehead atoms. The second kappa shape index (κ2) is 6.44. The highest BCUT2D eigenvalue weighted by atomic mass is 32.1. The van der Waals surface area contributed by atoms with Crippen molar-refractivity contribution in [2.45, 2.75) is 26.8 Å². The molecule has 2 heterocycles. The summed E-state index contributed by atoms with van der Waals surface area (Å²) in [6, 6.07) is 0. The number of aromatic nitrogens is 3. The number of nitrogens with zero attached hydrogens (tertiary/aromatic N) is 4. The molecule has 0 saturated heterocycles. The van der Waals surface area contributed by atoms with Gasteiger partial charge < -0.3 is 15.6 Å². The van der Waals surface area contributed by atoms with Gasteiger partial charge in [0.1, 0.15) is 6.61 Å². The van der Waals surface area contributed by atoms with E-state index < -0.39 is 5.09 Å². The van der Waals surface area contributed by atoms with Crippen LogP contribution in [0.5, 0.6) is 0 Å². The van der Waals surface area contributed by atoms with Crippen LogP contribution in [0.2, 0.25) is 0 Å². The topological polar surface area (TPSA) is 106 Å². The molecule has 0 aliphatic rings. The Morgan fingerprint density at radius 2 is 2.29 bits per heavy atom. The number of rotatable bonds is 6. The van der Waals surface area contributed by atoms with E-state index in [1.807, 2.05) is 17.0 Å². The summed E-state index contributed by atoms with van der Waals surface area (Å²) in [7, 11) is 0. The van der Waals surface area contributed by atoms with E-state index in [-0.39, 0.29) is 12.4 Å². The fraction of sp³-hybridized carbons (Fsp3) is 0.417. The highest BCUT2D eigenvalue weighted by Gasteiger charge is 2.16. The smallest absolute Gasteiger partial charge is 0.294 e. The molecule has 21 heavy (non-hydrogen) atoms. The number of hydrogen-bond acceptors (Lipinski definition) is 6. The maximum Gasteiger partial charge on any atom is 0.294 e.